The van der Waals surface area contributed by atoms with Crippen molar-refractivity contribution in [3.8, 4) is 0 Å². The summed E-state index contributed by atoms with van der Waals surface area (Å²) in [6, 6.07) is 4.30. The Bertz CT molecular complexity index is 605. The minimum atomic E-state index is -4.25. The van der Waals surface area contributed by atoms with E-state index in [9.17, 15) is 13.6 Å². The summed E-state index contributed by atoms with van der Waals surface area (Å²) in [4.78, 5) is -0.180. The highest BCUT2D eigenvalue weighted by Gasteiger charge is 2.43. The Kier molecular flexibility index (Phi) is 2.65. The number of hydroxylamine groups is 2. The van der Waals surface area contributed by atoms with Crippen molar-refractivity contribution in [3.63, 3.8) is 0 Å². The average Bonchev–Trinajstić information content (AvgIpc) is 2.37. The molecule has 1 heterocycles. The second-order valence-corrected chi connectivity index (χ2v) is 7.02. The van der Waals surface area contributed by atoms with E-state index in [0.717, 1.165) is 10.6 Å². The Morgan fingerprint density at radius 2 is 1.61 bits per heavy atom. The molecular weight excluding hydrogens is 254 g/mol. The molecule has 1 aromatic rings. The van der Waals surface area contributed by atoms with Gasteiger partial charge in [-0.25, -0.2) is 0 Å². The highest BCUT2D eigenvalue weighted by atomic mass is 32.2. The van der Waals surface area contributed by atoms with Crippen molar-refractivity contribution in [1.82, 2.24) is 5.06 Å². The van der Waals surface area contributed by atoms with Gasteiger partial charge in [-0.15, -0.1) is 0 Å². The monoisotopic (exact) mass is 270 g/mol. The summed E-state index contributed by atoms with van der Waals surface area (Å²) in [5, 5.41) is 13.2. The van der Waals surface area contributed by atoms with Crippen LogP contribution >= 0.6 is 0 Å². The highest BCUT2D eigenvalue weighted by molar-refractivity contribution is 7.85. The summed E-state index contributed by atoms with van der Waals surface area (Å²) in [5.74, 6) is 0. The van der Waals surface area contributed by atoms with Crippen molar-refractivity contribution in [2.45, 2.75) is 43.7 Å². The highest BCUT2D eigenvalue weighted by Crippen LogP contribution is 2.48. The molecule has 6 heteroatoms. The van der Waals surface area contributed by atoms with E-state index in [1.807, 2.05) is 0 Å². The third-order valence-corrected chi connectivity index (χ3v) is 4.47. The zero-order valence-electron chi connectivity index (χ0n) is 10.8. The topological polar surface area (TPSA) is 80.7 Å². The number of benzene rings is 1. The predicted octanol–water partition coefficient (Wildman–Crippen LogP) is 2.22. The fourth-order valence-electron chi connectivity index (χ4n) is 2.64. The summed E-state index contributed by atoms with van der Waals surface area (Å²) >= 11 is 0. The van der Waals surface area contributed by atoms with Gasteiger partial charge in [0.1, 0.15) is 0 Å². The van der Waals surface area contributed by atoms with Crippen LogP contribution in [0.4, 0.5) is 0 Å². The molecule has 0 aliphatic carbocycles. The lowest BCUT2D eigenvalue weighted by molar-refractivity contribution is 0.101. The number of fused-ring (bicyclic) bond motifs is 1. The van der Waals surface area contributed by atoms with Gasteiger partial charge < -0.3 is 10.3 Å². The molecule has 1 aliphatic heterocycles. The van der Waals surface area contributed by atoms with E-state index < -0.39 is 21.2 Å². The van der Waals surface area contributed by atoms with E-state index in [4.69, 9.17) is 4.55 Å². The van der Waals surface area contributed by atoms with E-state index in [-0.39, 0.29) is 4.90 Å². The minimum absolute atomic E-state index is 0.180. The lowest BCUT2D eigenvalue weighted by Crippen LogP contribution is -2.40. The van der Waals surface area contributed by atoms with Crippen molar-refractivity contribution in [2.24, 2.45) is 0 Å². The molecular formula is C12H16NO4S-. The molecule has 0 radical (unpaired) electrons. The van der Waals surface area contributed by atoms with Crippen LogP contribution in [0.1, 0.15) is 38.8 Å². The summed E-state index contributed by atoms with van der Waals surface area (Å²) in [6.45, 7) is 7.06. The van der Waals surface area contributed by atoms with E-state index in [1.165, 1.54) is 12.1 Å². The maximum atomic E-state index is 12.3. The van der Waals surface area contributed by atoms with Crippen LogP contribution in [-0.2, 0) is 21.2 Å². The van der Waals surface area contributed by atoms with E-state index in [0.29, 0.717) is 5.56 Å². The molecule has 0 atom stereocenters. The van der Waals surface area contributed by atoms with Crippen LogP contribution in [0.5, 0.6) is 0 Å². The van der Waals surface area contributed by atoms with Gasteiger partial charge in [-0.1, -0.05) is 6.07 Å². The maximum absolute atomic E-state index is 12.3. The van der Waals surface area contributed by atoms with Gasteiger partial charge in [-0.3, -0.25) is 4.55 Å². The number of rotatable bonds is 1. The fraction of sp³-hybridized carbons (Fsp3) is 0.500. The fourth-order valence-corrected chi connectivity index (χ4v) is 3.15. The summed E-state index contributed by atoms with van der Waals surface area (Å²) in [7, 11) is -4.25. The molecule has 0 fully saturated rings. The SMILES string of the molecule is CC1(C)c2ccc(S(=O)(=O)O)cc2C(C)(C)N1[O-]. The van der Waals surface area contributed by atoms with Crippen LogP contribution in [-0.4, -0.2) is 18.0 Å². The van der Waals surface area contributed by atoms with Crippen molar-refractivity contribution in [2.75, 3.05) is 0 Å². The van der Waals surface area contributed by atoms with Gasteiger partial charge in [0.25, 0.3) is 10.1 Å². The summed E-state index contributed by atoms with van der Waals surface area (Å²) < 4.78 is 31.4. The average molecular weight is 270 g/mol. The van der Waals surface area contributed by atoms with Crippen molar-refractivity contribution < 1.29 is 13.0 Å². The van der Waals surface area contributed by atoms with Gasteiger partial charge in [0, 0.05) is 11.1 Å². The standard InChI is InChI=1S/C12H16NO4S/c1-11(2)9-6-5-8(18(15,16)17)7-10(9)12(3,4)13(11)14/h5-7H,1-4H3,(H,15,16,17)/q-1. The van der Waals surface area contributed by atoms with Gasteiger partial charge >= 0.3 is 0 Å². The third kappa shape index (κ3) is 1.68. The van der Waals surface area contributed by atoms with Crippen LogP contribution < -0.4 is 0 Å². The van der Waals surface area contributed by atoms with Crippen molar-refractivity contribution >= 4 is 10.1 Å². The third-order valence-electron chi connectivity index (χ3n) is 3.62. The Balaban J connectivity index is 2.74. The molecule has 1 aliphatic rings. The number of hydrogen-bond donors (Lipinski definition) is 1. The van der Waals surface area contributed by atoms with Gasteiger partial charge in [-0.2, -0.15) is 8.42 Å². The van der Waals surface area contributed by atoms with Crippen LogP contribution in [0.2, 0.25) is 0 Å². The molecule has 18 heavy (non-hydrogen) atoms. The number of hydrogen-bond acceptors (Lipinski definition) is 4. The van der Waals surface area contributed by atoms with Gasteiger partial charge in [-0.05, 0) is 51.0 Å². The summed E-state index contributed by atoms with van der Waals surface area (Å²) in [5.41, 5.74) is -0.108. The molecule has 0 aromatic heterocycles. The van der Waals surface area contributed by atoms with Crippen molar-refractivity contribution in [1.29, 1.82) is 0 Å². The molecule has 5 nitrogen and oxygen atoms in total. The summed E-state index contributed by atoms with van der Waals surface area (Å²) in [6.07, 6.45) is 0. The molecule has 0 unspecified atom stereocenters. The van der Waals surface area contributed by atoms with E-state index in [1.54, 1.807) is 33.8 Å². The zero-order valence-corrected chi connectivity index (χ0v) is 11.6. The van der Waals surface area contributed by atoms with E-state index in [2.05, 4.69) is 0 Å². The van der Waals surface area contributed by atoms with Crippen LogP contribution in [0.25, 0.3) is 0 Å². The minimum Gasteiger partial charge on any atom is -0.784 e. The largest absolute Gasteiger partial charge is 0.784 e. The first kappa shape index (κ1) is 13.5. The van der Waals surface area contributed by atoms with E-state index >= 15 is 0 Å². The Hall–Kier alpha value is -0.950. The molecule has 0 bridgehead atoms. The van der Waals surface area contributed by atoms with Crippen LogP contribution in [0.15, 0.2) is 23.1 Å². The molecule has 2 rings (SSSR count). The van der Waals surface area contributed by atoms with Gasteiger partial charge in [0.2, 0.25) is 0 Å². The number of nitrogens with zero attached hydrogens (tertiary/aromatic N) is 1. The molecule has 0 saturated heterocycles. The molecule has 0 saturated carbocycles. The first-order chi connectivity index (χ1) is 7.99. The molecule has 100 valence electrons. The normalized spacial score (nSPS) is 21.9. The zero-order chi connectivity index (χ0) is 13.9. The van der Waals surface area contributed by atoms with Crippen LogP contribution in [0, 0.1) is 5.21 Å². The first-order valence-electron chi connectivity index (χ1n) is 5.59. The maximum Gasteiger partial charge on any atom is 0.294 e. The quantitative estimate of drug-likeness (QED) is 0.791. The predicted molar refractivity (Wildman–Crippen MR) is 67.5 cm³/mol. The lowest BCUT2D eigenvalue weighted by Gasteiger charge is -2.46. The van der Waals surface area contributed by atoms with Gasteiger partial charge in [0.05, 0.1) is 4.90 Å². The lowest BCUT2D eigenvalue weighted by atomic mass is 9.91. The molecule has 1 N–H and O–H groups in total. The van der Waals surface area contributed by atoms with Crippen LogP contribution in [0.3, 0.4) is 0 Å². The Labute approximate surface area is 107 Å². The second kappa shape index (κ2) is 3.54. The Morgan fingerprint density at radius 3 is 2.11 bits per heavy atom. The second-order valence-electron chi connectivity index (χ2n) is 5.59. The molecule has 0 amide bonds. The first-order valence-corrected chi connectivity index (χ1v) is 7.03. The smallest absolute Gasteiger partial charge is 0.294 e. The molecule has 1 aromatic carbocycles. The van der Waals surface area contributed by atoms with Gasteiger partial charge in [0.15, 0.2) is 0 Å². The Morgan fingerprint density at radius 1 is 1.11 bits per heavy atom. The molecule has 0 spiro atoms. The van der Waals surface area contributed by atoms with Crippen molar-refractivity contribution in [3.05, 3.63) is 34.5 Å².